The highest BCUT2D eigenvalue weighted by Crippen LogP contribution is 2.46. The van der Waals surface area contributed by atoms with Crippen LogP contribution in [0.1, 0.15) is 33.4 Å². The van der Waals surface area contributed by atoms with Gasteiger partial charge in [-0.2, -0.15) is 18.3 Å². The fourth-order valence-electron chi connectivity index (χ4n) is 4.74. The van der Waals surface area contributed by atoms with E-state index in [1.165, 1.54) is 19.2 Å². The summed E-state index contributed by atoms with van der Waals surface area (Å²) < 4.78 is 65.4. The number of hydrogen-bond acceptors (Lipinski definition) is 4. The molecule has 5 rings (SSSR count). The van der Waals surface area contributed by atoms with Crippen molar-refractivity contribution in [2.75, 3.05) is 11.5 Å². The second kappa shape index (κ2) is 9.75. The van der Waals surface area contributed by atoms with Gasteiger partial charge in [-0.25, -0.2) is 9.37 Å². The normalized spacial score (nSPS) is 16.0. The Morgan fingerprint density at radius 1 is 1.13 bits per heavy atom. The molecule has 7 nitrogen and oxygen atoms in total. The fraction of sp³-hybridized carbons (Fsp3) is 0.346. The third-order valence-corrected chi connectivity index (χ3v) is 8.62. The van der Waals surface area contributed by atoms with E-state index in [9.17, 15) is 18.0 Å². The molecule has 0 N–H and O–H groups in total. The van der Waals surface area contributed by atoms with Crippen LogP contribution in [0.2, 0.25) is 30.7 Å². The van der Waals surface area contributed by atoms with Crippen LogP contribution >= 0.6 is 11.6 Å². The minimum Gasteiger partial charge on any atom is -0.361 e. The van der Waals surface area contributed by atoms with E-state index < -0.39 is 43.3 Å². The number of amides is 1. The molecule has 0 spiro atoms. The number of aryl methyl sites for hydroxylation is 1. The Labute approximate surface area is 227 Å². The van der Waals surface area contributed by atoms with Crippen molar-refractivity contribution in [1.82, 2.24) is 19.3 Å². The molecule has 39 heavy (non-hydrogen) atoms. The lowest BCUT2D eigenvalue weighted by Crippen LogP contribution is -2.31. The van der Waals surface area contributed by atoms with Crippen LogP contribution in [0, 0.1) is 5.82 Å². The van der Waals surface area contributed by atoms with Crippen molar-refractivity contribution in [3.05, 3.63) is 76.1 Å². The van der Waals surface area contributed by atoms with Gasteiger partial charge in [-0.3, -0.25) is 14.4 Å². The van der Waals surface area contributed by atoms with E-state index in [0.717, 1.165) is 27.2 Å². The zero-order valence-corrected chi connectivity index (χ0v) is 23.4. The van der Waals surface area contributed by atoms with Crippen LogP contribution in [0.25, 0.3) is 11.0 Å². The SMILES string of the molecule is Cn1nc(C(F)(F)F)c2c1C(c1ccc(Cl)cc1F)N(c1ccc3c(c1)ncn3COCC[Si](C)(C)C)C2=O. The second-order valence-corrected chi connectivity index (χ2v) is 16.8. The molecule has 1 unspecified atom stereocenters. The lowest BCUT2D eigenvalue weighted by Gasteiger charge is -2.27. The van der Waals surface area contributed by atoms with E-state index in [1.807, 2.05) is 4.57 Å². The van der Waals surface area contributed by atoms with Crippen LogP contribution < -0.4 is 4.90 Å². The van der Waals surface area contributed by atoms with Gasteiger partial charge in [0.15, 0.2) is 5.69 Å². The Hall–Kier alpha value is -3.22. The van der Waals surface area contributed by atoms with E-state index in [1.54, 1.807) is 24.5 Å². The molecule has 3 heterocycles. The number of aromatic nitrogens is 4. The van der Waals surface area contributed by atoms with Gasteiger partial charge in [-0.15, -0.1) is 0 Å². The van der Waals surface area contributed by atoms with Crippen molar-refractivity contribution < 1.29 is 27.1 Å². The predicted molar refractivity (Wildman–Crippen MR) is 142 cm³/mol. The van der Waals surface area contributed by atoms with Crippen LogP contribution in [-0.4, -0.2) is 39.9 Å². The number of hydrogen-bond donors (Lipinski definition) is 0. The molecule has 2 aromatic heterocycles. The van der Waals surface area contributed by atoms with Crippen LogP contribution in [0.4, 0.5) is 23.2 Å². The zero-order chi connectivity index (χ0) is 28.3. The summed E-state index contributed by atoms with van der Waals surface area (Å²) in [5.74, 6) is -1.69. The summed E-state index contributed by atoms with van der Waals surface area (Å²) in [7, 11) is 0.0611. The lowest BCUT2D eigenvalue weighted by atomic mass is 10.0. The topological polar surface area (TPSA) is 65.2 Å². The van der Waals surface area contributed by atoms with Crippen molar-refractivity contribution in [1.29, 1.82) is 0 Å². The molecule has 13 heteroatoms. The maximum Gasteiger partial charge on any atom is 0.435 e. The van der Waals surface area contributed by atoms with Gasteiger partial charge in [0.2, 0.25) is 0 Å². The van der Waals surface area contributed by atoms with Crippen LogP contribution in [0.5, 0.6) is 0 Å². The highest BCUT2D eigenvalue weighted by Gasteiger charge is 2.50. The van der Waals surface area contributed by atoms with Gasteiger partial charge in [0.25, 0.3) is 5.91 Å². The number of rotatable bonds is 7. The van der Waals surface area contributed by atoms with Crippen molar-refractivity contribution in [2.24, 2.45) is 7.05 Å². The molecule has 0 fully saturated rings. The number of alkyl halides is 3. The summed E-state index contributed by atoms with van der Waals surface area (Å²) >= 11 is 5.93. The number of carbonyl (C=O) groups excluding carboxylic acids is 1. The molecule has 0 saturated heterocycles. The molecular weight excluding hydrogens is 554 g/mol. The molecule has 2 aromatic carbocycles. The number of carbonyl (C=O) groups is 1. The number of nitrogens with zero attached hydrogens (tertiary/aromatic N) is 5. The lowest BCUT2D eigenvalue weighted by molar-refractivity contribution is -0.141. The minimum absolute atomic E-state index is 0.00958. The largest absolute Gasteiger partial charge is 0.435 e. The van der Waals surface area contributed by atoms with Crippen molar-refractivity contribution in [2.45, 2.75) is 44.6 Å². The minimum atomic E-state index is -4.88. The van der Waals surface area contributed by atoms with Gasteiger partial charge in [-0.1, -0.05) is 37.3 Å². The second-order valence-electron chi connectivity index (χ2n) is 10.7. The first-order valence-corrected chi connectivity index (χ1v) is 16.3. The first-order chi connectivity index (χ1) is 18.3. The van der Waals surface area contributed by atoms with E-state index >= 15 is 4.39 Å². The summed E-state index contributed by atoms with van der Waals surface area (Å²) in [5, 5.41) is 3.70. The van der Waals surface area contributed by atoms with E-state index in [2.05, 4.69) is 29.7 Å². The number of ether oxygens (including phenoxy) is 1. The van der Waals surface area contributed by atoms with Crippen molar-refractivity contribution >= 4 is 42.3 Å². The number of benzene rings is 2. The summed E-state index contributed by atoms with van der Waals surface area (Å²) in [4.78, 5) is 19.2. The first kappa shape index (κ1) is 27.3. The first-order valence-electron chi connectivity index (χ1n) is 12.2. The number of fused-ring (bicyclic) bond motifs is 2. The Balaban J connectivity index is 1.56. The smallest absolute Gasteiger partial charge is 0.361 e. The molecule has 0 radical (unpaired) electrons. The molecular formula is C26H26ClF4N5O2Si. The third kappa shape index (κ3) is 5.08. The van der Waals surface area contributed by atoms with Crippen LogP contribution in [-0.2, 0) is 24.7 Å². The monoisotopic (exact) mass is 579 g/mol. The average molecular weight is 580 g/mol. The van der Waals surface area contributed by atoms with Gasteiger partial charge in [0, 0.05) is 38.0 Å². The third-order valence-electron chi connectivity index (χ3n) is 6.68. The van der Waals surface area contributed by atoms with E-state index in [-0.39, 0.29) is 28.7 Å². The molecule has 4 aromatic rings. The maximum atomic E-state index is 15.2. The number of halogens is 5. The summed E-state index contributed by atoms with van der Waals surface area (Å²) in [5.41, 5.74) is -0.489. The highest BCUT2D eigenvalue weighted by molar-refractivity contribution is 6.76. The molecule has 1 aliphatic heterocycles. The molecule has 0 bridgehead atoms. The van der Waals surface area contributed by atoms with Crippen LogP contribution in [0.3, 0.4) is 0 Å². The maximum absolute atomic E-state index is 15.2. The van der Waals surface area contributed by atoms with E-state index in [0.29, 0.717) is 12.1 Å². The molecule has 1 amide bonds. The van der Waals surface area contributed by atoms with Gasteiger partial charge in [-0.05, 0) is 36.4 Å². The number of anilines is 1. The molecule has 1 atom stereocenters. The van der Waals surface area contributed by atoms with Crippen LogP contribution in [0.15, 0.2) is 42.7 Å². The summed E-state index contributed by atoms with van der Waals surface area (Å²) in [6.07, 6.45) is -3.27. The van der Waals surface area contributed by atoms with Crippen molar-refractivity contribution in [3.63, 3.8) is 0 Å². The summed E-state index contributed by atoms with van der Waals surface area (Å²) in [6.45, 7) is 7.70. The Morgan fingerprint density at radius 3 is 2.54 bits per heavy atom. The predicted octanol–water partition coefficient (Wildman–Crippen LogP) is 6.64. The molecule has 206 valence electrons. The molecule has 1 aliphatic rings. The fourth-order valence-corrected chi connectivity index (χ4v) is 5.66. The van der Waals surface area contributed by atoms with Gasteiger partial charge in [0.05, 0.1) is 28.6 Å². The average Bonchev–Trinajstić information content (AvgIpc) is 3.48. The summed E-state index contributed by atoms with van der Waals surface area (Å²) in [6, 6.07) is 8.58. The highest BCUT2D eigenvalue weighted by atomic mass is 35.5. The number of imidazole rings is 1. The van der Waals surface area contributed by atoms with Gasteiger partial charge >= 0.3 is 6.18 Å². The van der Waals surface area contributed by atoms with Crippen molar-refractivity contribution in [3.8, 4) is 0 Å². The Bertz CT molecular complexity index is 1580. The van der Waals surface area contributed by atoms with E-state index in [4.69, 9.17) is 16.3 Å². The van der Waals surface area contributed by atoms with Gasteiger partial charge in [0.1, 0.15) is 18.6 Å². The Kier molecular flexibility index (Phi) is 6.84. The van der Waals surface area contributed by atoms with Gasteiger partial charge < -0.3 is 9.30 Å². The zero-order valence-electron chi connectivity index (χ0n) is 21.7. The standard InChI is InChI=1S/C26H26ClF4N5O2Si/c1-34-23-21(24(33-34)26(29,30)31)25(37)36(22(23)17-7-5-15(27)11-18(17)28)16-6-8-20-19(12-16)32-13-35(20)14-38-9-10-39(2,3)4/h5-8,11-13,22H,9-10,14H2,1-4H3. The molecule has 0 aliphatic carbocycles. The Morgan fingerprint density at radius 2 is 1.87 bits per heavy atom. The quantitative estimate of drug-likeness (QED) is 0.140. The molecule has 0 saturated carbocycles.